The smallest absolute Gasteiger partial charge is 0.220 e. The highest BCUT2D eigenvalue weighted by atomic mass is 16.5. The van der Waals surface area contributed by atoms with E-state index in [0.29, 0.717) is 19.1 Å². The maximum atomic E-state index is 11.9. The summed E-state index contributed by atoms with van der Waals surface area (Å²) in [6.45, 7) is 7.32. The molecule has 3 nitrogen and oxygen atoms in total. The Kier molecular flexibility index (Phi) is 7.14. The quantitative estimate of drug-likeness (QED) is 0.682. The van der Waals surface area contributed by atoms with Gasteiger partial charge in [0, 0.05) is 12.5 Å². The van der Waals surface area contributed by atoms with Crippen LogP contribution >= 0.6 is 0 Å². The summed E-state index contributed by atoms with van der Waals surface area (Å²) >= 11 is 0. The SMILES string of the molecule is CCC(C)(C)c1ccc(OCCCC(=O)NC2CCCCC2)cc1. The highest BCUT2D eigenvalue weighted by Crippen LogP contribution is 2.28. The Morgan fingerprint density at radius 1 is 1.17 bits per heavy atom. The first-order valence-electron chi connectivity index (χ1n) is 9.54. The second kappa shape index (κ2) is 9.10. The van der Waals surface area contributed by atoms with Crippen LogP contribution in [0.3, 0.4) is 0 Å². The van der Waals surface area contributed by atoms with E-state index >= 15 is 0 Å². The van der Waals surface area contributed by atoms with Gasteiger partial charge in [-0.05, 0) is 48.8 Å². The van der Waals surface area contributed by atoms with Crippen molar-refractivity contribution in [1.29, 1.82) is 0 Å². The maximum absolute atomic E-state index is 11.9. The molecule has 0 bridgehead atoms. The lowest BCUT2D eigenvalue weighted by atomic mass is 9.82. The Balaban J connectivity index is 1.65. The van der Waals surface area contributed by atoms with Crippen molar-refractivity contribution in [2.45, 2.75) is 83.6 Å². The fraction of sp³-hybridized carbons (Fsp3) is 0.667. The molecule has 1 N–H and O–H groups in total. The summed E-state index contributed by atoms with van der Waals surface area (Å²) in [5.74, 6) is 1.06. The predicted molar refractivity (Wildman–Crippen MR) is 99.5 cm³/mol. The highest BCUT2D eigenvalue weighted by Gasteiger charge is 2.17. The van der Waals surface area contributed by atoms with Gasteiger partial charge in [0.2, 0.25) is 5.91 Å². The minimum Gasteiger partial charge on any atom is -0.494 e. The van der Waals surface area contributed by atoms with E-state index < -0.39 is 0 Å². The van der Waals surface area contributed by atoms with Gasteiger partial charge in [-0.1, -0.05) is 52.2 Å². The zero-order valence-corrected chi connectivity index (χ0v) is 15.6. The van der Waals surface area contributed by atoms with E-state index in [9.17, 15) is 4.79 Å². The molecule has 1 aliphatic carbocycles. The molecular weight excluding hydrogens is 298 g/mol. The van der Waals surface area contributed by atoms with Crippen LogP contribution in [0.2, 0.25) is 0 Å². The van der Waals surface area contributed by atoms with E-state index in [-0.39, 0.29) is 11.3 Å². The first-order valence-corrected chi connectivity index (χ1v) is 9.54. The summed E-state index contributed by atoms with van der Waals surface area (Å²) in [6, 6.07) is 8.77. The number of rotatable bonds is 8. The van der Waals surface area contributed by atoms with Gasteiger partial charge < -0.3 is 10.1 Å². The zero-order valence-electron chi connectivity index (χ0n) is 15.6. The Morgan fingerprint density at radius 3 is 2.46 bits per heavy atom. The largest absolute Gasteiger partial charge is 0.494 e. The van der Waals surface area contributed by atoms with Crippen molar-refractivity contribution in [2.75, 3.05) is 6.61 Å². The minimum atomic E-state index is 0.172. The number of carbonyl (C=O) groups excluding carboxylic acids is 1. The lowest BCUT2D eigenvalue weighted by Crippen LogP contribution is -2.36. The second-order valence-electron chi connectivity index (χ2n) is 7.62. The van der Waals surface area contributed by atoms with E-state index in [1.807, 2.05) is 12.1 Å². The van der Waals surface area contributed by atoms with Crippen molar-refractivity contribution in [3.05, 3.63) is 29.8 Å². The van der Waals surface area contributed by atoms with Crippen LogP contribution in [0.25, 0.3) is 0 Å². The van der Waals surface area contributed by atoms with Crippen molar-refractivity contribution in [1.82, 2.24) is 5.32 Å². The molecule has 1 aromatic carbocycles. The van der Waals surface area contributed by atoms with E-state index in [1.54, 1.807) is 0 Å². The molecule has 24 heavy (non-hydrogen) atoms. The van der Waals surface area contributed by atoms with Crippen LogP contribution in [0.1, 0.15) is 77.7 Å². The van der Waals surface area contributed by atoms with Crippen molar-refractivity contribution in [3.8, 4) is 5.75 Å². The van der Waals surface area contributed by atoms with Gasteiger partial charge in [-0.3, -0.25) is 4.79 Å². The number of carbonyl (C=O) groups is 1. The molecule has 2 rings (SSSR count). The van der Waals surface area contributed by atoms with Crippen LogP contribution in [0.4, 0.5) is 0 Å². The third-order valence-corrected chi connectivity index (χ3v) is 5.31. The maximum Gasteiger partial charge on any atom is 0.220 e. The molecular formula is C21H33NO2. The van der Waals surface area contributed by atoms with Crippen LogP contribution in [0, 0.1) is 0 Å². The van der Waals surface area contributed by atoms with Gasteiger partial charge in [0.25, 0.3) is 0 Å². The third-order valence-electron chi connectivity index (χ3n) is 5.31. The summed E-state index contributed by atoms with van der Waals surface area (Å²) in [4.78, 5) is 11.9. The summed E-state index contributed by atoms with van der Waals surface area (Å²) in [6.07, 6.45) is 8.53. The molecule has 0 atom stereocenters. The molecule has 0 aliphatic heterocycles. The van der Waals surface area contributed by atoms with Crippen molar-refractivity contribution >= 4 is 5.91 Å². The molecule has 0 heterocycles. The fourth-order valence-corrected chi connectivity index (χ4v) is 3.18. The van der Waals surface area contributed by atoms with Crippen LogP contribution in [-0.2, 0) is 10.2 Å². The minimum absolute atomic E-state index is 0.172. The molecule has 1 fully saturated rings. The molecule has 1 saturated carbocycles. The molecule has 134 valence electrons. The van der Waals surface area contributed by atoms with E-state index in [1.165, 1.54) is 24.8 Å². The topological polar surface area (TPSA) is 38.3 Å². The Hall–Kier alpha value is -1.51. The van der Waals surface area contributed by atoms with Crippen LogP contribution < -0.4 is 10.1 Å². The third kappa shape index (κ3) is 5.85. The molecule has 0 spiro atoms. The molecule has 3 heteroatoms. The van der Waals surface area contributed by atoms with Gasteiger partial charge in [0.15, 0.2) is 0 Å². The average Bonchev–Trinajstić information content (AvgIpc) is 2.60. The van der Waals surface area contributed by atoms with E-state index in [2.05, 4.69) is 38.2 Å². The number of hydrogen-bond acceptors (Lipinski definition) is 2. The molecule has 0 aromatic heterocycles. The number of ether oxygens (including phenoxy) is 1. The van der Waals surface area contributed by atoms with Gasteiger partial charge in [0.1, 0.15) is 5.75 Å². The number of hydrogen-bond donors (Lipinski definition) is 1. The van der Waals surface area contributed by atoms with Gasteiger partial charge >= 0.3 is 0 Å². The van der Waals surface area contributed by atoms with Gasteiger partial charge in [0.05, 0.1) is 6.61 Å². The normalized spacial score (nSPS) is 16.0. The Labute approximate surface area is 147 Å². The monoisotopic (exact) mass is 331 g/mol. The van der Waals surface area contributed by atoms with Crippen molar-refractivity contribution < 1.29 is 9.53 Å². The van der Waals surface area contributed by atoms with Crippen LogP contribution in [0.5, 0.6) is 5.75 Å². The summed E-state index contributed by atoms with van der Waals surface area (Å²) < 4.78 is 5.77. The molecule has 0 radical (unpaired) electrons. The lowest BCUT2D eigenvalue weighted by molar-refractivity contribution is -0.122. The highest BCUT2D eigenvalue weighted by molar-refractivity contribution is 5.76. The first kappa shape index (κ1) is 18.8. The zero-order chi connectivity index (χ0) is 17.4. The predicted octanol–water partition coefficient (Wildman–Crippen LogP) is 4.98. The summed E-state index contributed by atoms with van der Waals surface area (Å²) in [7, 11) is 0. The molecule has 0 unspecified atom stereocenters. The Morgan fingerprint density at radius 2 is 1.83 bits per heavy atom. The molecule has 1 amide bonds. The first-order chi connectivity index (χ1) is 11.5. The van der Waals surface area contributed by atoms with Gasteiger partial charge in [-0.2, -0.15) is 0 Å². The van der Waals surface area contributed by atoms with E-state index in [0.717, 1.165) is 31.4 Å². The van der Waals surface area contributed by atoms with E-state index in [4.69, 9.17) is 4.74 Å². The van der Waals surface area contributed by atoms with Gasteiger partial charge in [-0.25, -0.2) is 0 Å². The standard InChI is InChI=1S/C21H33NO2/c1-4-21(2,3)17-12-14-19(15-13-17)24-16-8-11-20(23)22-18-9-6-5-7-10-18/h12-15,18H,4-11,16H2,1-3H3,(H,22,23). The lowest BCUT2D eigenvalue weighted by Gasteiger charge is -2.23. The average molecular weight is 332 g/mol. The number of benzene rings is 1. The van der Waals surface area contributed by atoms with Crippen molar-refractivity contribution in [3.63, 3.8) is 0 Å². The van der Waals surface area contributed by atoms with Crippen LogP contribution in [0.15, 0.2) is 24.3 Å². The van der Waals surface area contributed by atoms with Crippen molar-refractivity contribution in [2.24, 2.45) is 0 Å². The fourth-order valence-electron chi connectivity index (χ4n) is 3.18. The number of amides is 1. The second-order valence-corrected chi connectivity index (χ2v) is 7.62. The summed E-state index contributed by atoms with van der Waals surface area (Å²) in [5.41, 5.74) is 1.54. The van der Waals surface area contributed by atoms with Crippen LogP contribution in [-0.4, -0.2) is 18.6 Å². The molecule has 0 saturated heterocycles. The molecule has 1 aliphatic rings. The summed E-state index contributed by atoms with van der Waals surface area (Å²) in [5, 5.41) is 3.15. The Bertz CT molecular complexity index is 501. The molecule has 1 aromatic rings. The van der Waals surface area contributed by atoms with Gasteiger partial charge in [-0.15, -0.1) is 0 Å². The number of nitrogens with one attached hydrogen (secondary N) is 1.